The number of aliphatic hydroxyl groups is 26. The third-order valence-electron chi connectivity index (χ3n) is 19.5. The van der Waals surface area contributed by atoms with Gasteiger partial charge in [-0.1, -0.05) is 0 Å². The van der Waals surface area contributed by atoms with Crippen molar-refractivity contribution in [3.63, 3.8) is 0 Å². The fourth-order valence-electron chi connectivity index (χ4n) is 13.5. The molecule has 0 aromatic rings. The quantitative estimate of drug-likeness (QED) is 0.0382. The minimum absolute atomic E-state index is 0.817. The number of hydrogen-bond donors (Lipinski definition) is 28. The molecule has 47 heteroatoms. The monoisotopic (exact) mass is 1540 g/mol. The lowest BCUT2D eigenvalue weighted by atomic mass is 9.93. The van der Waals surface area contributed by atoms with Crippen LogP contribution in [0, 0.1) is 0 Å². The summed E-state index contributed by atoms with van der Waals surface area (Å²) >= 11 is 0. The van der Waals surface area contributed by atoms with Crippen LogP contribution in [0.25, 0.3) is 0 Å². The van der Waals surface area contributed by atoms with Crippen molar-refractivity contribution in [2.24, 2.45) is 0 Å². The maximum absolute atomic E-state index is 13.1. The van der Waals surface area contributed by atoms with Crippen molar-refractivity contribution < 1.29 is 223 Å². The summed E-state index contributed by atoms with van der Waals surface area (Å²) in [5.41, 5.74) is 0. The summed E-state index contributed by atoms with van der Waals surface area (Å²) in [5.74, 6) is -1.77. The minimum Gasteiger partial charge on any atom is -0.394 e. The summed E-state index contributed by atoms with van der Waals surface area (Å²) in [6.45, 7) is -5.17. The number of nitrogens with one attached hydrogen (secondary N) is 2. The molecule has 9 aliphatic heterocycles. The molecular formula is C58H98N2O45. The van der Waals surface area contributed by atoms with Gasteiger partial charge in [0.25, 0.3) is 0 Å². The summed E-state index contributed by atoms with van der Waals surface area (Å²) in [5, 5.41) is 291. The zero-order valence-corrected chi connectivity index (χ0v) is 56.0. The lowest BCUT2D eigenvalue weighted by molar-refractivity contribution is -0.410. The van der Waals surface area contributed by atoms with Gasteiger partial charge in [-0.15, -0.1) is 0 Å². The van der Waals surface area contributed by atoms with Crippen LogP contribution in [-0.2, 0) is 90.1 Å². The zero-order chi connectivity index (χ0) is 77.2. The van der Waals surface area contributed by atoms with Crippen molar-refractivity contribution in [1.82, 2.24) is 10.6 Å². The highest BCUT2D eigenvalue weighted by Gasteiger charge is 2.61. The number of hydrogen-bond acceptors (Lipinski definition) is 45. The van der Waals surface area contributed by atoms with Crippen LogP contribution in [-0.4, -0.2) is 474 Å². The molecule has 0 aromatic carbocycles. The second kappa shape index (κ2) is 37.2. The minimum atomic E-state index is -2.54. The molecule has 2 amide bonds. The van der Waals surface area contributed by atoms with E-state index in [0.717, 1.165) is 13.8 Å². The molecule has 0 spiro atoms. The molecule has 9 heterocycles. The largest absolute Gasteiger partial charge is 0.394 e. The molecule has 9 aliphatic rings. The normalized spacial score (nSPS) is 51.5. The molecule has 0 aromatic heterocycles. The maximum atomic E-state index is 13.1. The van der Waals surface area contributed by atoms with Crippen LogP contribution in [0.4, 0.5) is 0 Å². The summed E-state index contributed by atoms with van der Waals surface area (Å²) in [7, 11) is 0. The van der Waals surface area contributed by atoms with Crippen LogP contribution in [0.15, 0.2) is 0 Å². The van der Waals surface area contributed by atoms with Crippen molar-refractivity contribution in [3.05, 3.63) is 0 Å². The van der Waals surface area contributed by atoms with Crippen LogP contribution in [0.2, 0.25) is 0 Å². The third kappa shape index (κ3) is 18.6. The first-order chi connectivity index (χ1) is 49.6. The van der Waals surface area contributed by atoms with Crippen LogP contribution >= 0.6 is 0 Å². The lowest BCUT2D eigenvalue weighted by Crippen LogP contribution is -2.70. The maximum Gasteiger partial charge on any atom is 0.217 e. The molecule has 45 atom stereocenters. The van der Waals surface area contributed by atoms with E-state index in [0.29, 0.717) is 0 Å². The molecule has 0 radical (unpaired) electrons. The Morgan fingerprint density at radius 3 is 1.05 bits per heavy atom. The highest BCUT2D eigenvalue weighted by Crippen LogP contribution is 2.40. The second-order valence-electron chi connectivity index (χ2n) is 26.7. The van der Waals surface area contributed by atoms with E-state index in [2.05, 4.69) is 10.6 Å². The molecule has 9 rings (SSSR count). The van der Waals surface area contributed by atoms with Gasteiger partial charge in [0.1, 0.15) is 214 Å². The van der Waals surface area contributed by atoms with Gasteiger partial charge in [0.2, 0.25) is 11.8 Å². The topological polar surface area (TPSA) is 741 Å². The van der Waals surface area contributed by atoms with Crippen molar-refractivity contribution in [3.8, 4) is 0 Å². The van der Waals surface area contributed by atoms with Crippen LogP contribution in [0.1, 0.15) is 20.8 Å². The molecule has 610 valence electrons. The van der Waals surface area contributed by atoms with Crippen molar-refractivity contribution in [2.75, 3.05) is 52.9 Å². The number of rotatable bonds is 26. The number of carbonyl (C=O) groups excluding carboxylic acids is 2. The summed E-state index contributed by atoms with van der Waals surface area (Å²) in [6, 6.07) is -3.67. The van der Waals surface area contributed by atoms with Crippen LogP contribution in [0.3, 0.4) is 0 Å². The smallest absolute Gasteiger partial charge is 0.217 e. The van der Waals surface area contributed by atoms with E-state index < -0.39 is 341 Å². The fourth-order valence-corrected chi connectivity index (χ4v) is 13.5. The molecule has 9 saturated heterocycles. The lowest BCUT2D eigenvalue weighted by Gasteiger charge is -2.51. The average Bonchev–Trinajstić information content (AvgIpc) is 0.768. The molecule has 0 bridgehead atoms. The Balaban J connectivity index is 1.01. The van der Waals surface area contributed by atoms with Gasteiger partial charge < -0.3 is 224 Å². The first kappa shape index (κ1) is 86.2. The van der Waals surface area contributed by atoms with Gasteiger partial charge in [-0.25, -0.2) is 0 Å². The number of ether oxygens (including phenoxy) is 17. The van der Waals surface area contributed by atoms with E-state index in [1.165, 1.54) is 6.92 Å². The standard InChI is InChI=1S/C58H98N2O45/c1-12-25(69)34(78)39(83)52(91-12)90-11-22-45(32(76)23(50(88)92-22)59-13(2)67)100-51-24(60-14(3)68)33(77)44(20(9-66)98-51)101-56-43(87)47(31(75)21(99-56)10-89-53-40(84)35(79)26(70)15(4-61)93-53)103-57-49(38(82)29(73)17(6-63)96-57)105-58-48(37(81)28(72)18(7-64)97-58)104-55-42(86)46(30(74)19(8-65)95-55)102-54-41(85)36(80)27(71)16(5-62)94-54/h12,15-58,61-66,69-88H,4-11H2,1-3H3,(H,59,67)(H,60,68)/t12-,15+,16+,17+,18+,19+,20+,21+,22+,23+,24+,25+,26+,27+,28+,29+,30+,31+,32+,33+,34+,35-,36-,37-,38-,39-,40-,41+,42-,43-,44+,45+,46-,47-,48-,49-,50?,51-,52+,53-,54+,55+,56-,57+,58+/m0/s1. The van der Waals surface area contributed by atoms with Crippen molar-refractivity contribution in [1.29, 1.82) is 0 Å². The summed E-state index contributed by atoms with van der Waals surface area (Å²) < 4.78 is 99.0. The van der Waals surface area contributed by atoms with Crippen LogP contribution in [0.5, 0.6) is 0 Å². The average molecular weight is 1540 g/mol. The Morgan fingerprint density at radius 1 is 0.267 bits per heavy atom. The molecule has 105 heavy (non-hydrogen) atoms. The number of carbonyl (C=O) groups is 2. The van der Waals surface area contributed by atoms with Crippen molar-refractivity contribution in [2.45, 2.75) is 297 Å². The third-order valence-corrected chi connectivity index (χ3v) is 19.5. The SMILES string of the molecule is CC(=O)N[C@H]1[C@H](O[C@H]2[C@H](O)[C@@H](NC(C)=O)C(O)O[C@@H]2CO[C@@H]2O[C@@H](C)[C@@H](O)[C@@H](O)[C@@H]2O)O[C@H](CO)[C@@H](O[C@@H]2O[C@H](CO[C@H]3O[C@H](CO)[C@@H](O)[C@H](O)[C@@H]3O)[C@@H](O)[C@H](O[C@H]3O[C@H](CO)[C@@H](O)[C@H](O)[C@@H]3O[C@H]3O[C@H](CO)[C@@H](O)[C@H](O)[C@@H]3O[C@H]3O[C@H](CO)[C@@H](O)[C@H](O[C@H]4O[C@H](CO)[C@@H](O)[C@H](O)[C@H]4O)[C@@H]3O)[C@@H]2O)[C@@H]1O. The Kier molecular flexibility index (Phi) is 30.6. The second-order valence-corrected chi connectivity index (χ2v) is 26.7. The van der Waals surface area contributed by atoms with Crippen molar-refractivity contribution >= 4 is 11.8 Å². The van der Waals surface area contributed by atoms with E-state index in [9.17, 15) is 142 Å². The fraction of sp³-hybridized carbons (Fsp3) is 0.966. The molecule has 9 fully saturated rings. The molecule has 47 nitrogen and oxygen atoms in total. The zero-order valence-electron chi connectivity index (χ0n) is 56.0. The van der Waals surface area contributed by atoms with Gasteiger partial charge in [0.15, 0.2) is 56.6 Å². The Labute approximate surface area is 593 Å². The van der Waals surface area contributed by atoms with Gasteiger partial charge in [0.05, 0.1) is 59.0 Å². The van der Waals surface area contributed by atoms with E-state index in [1.54, 1.807) is 0 Å². The predicted molar refractivity (Wildman–Crippen MR) is 319 cm³/mol. The highest BCUT2D eigenvalue weighted by atomic mass is 16.8. The Hall–Kier alpha value is -2.78. The Morgan fingerprint density at radius 2 is 0.571 bits per heavy atom. The first-order valence-electron chi connectivity index (χ1n) is 33.5. The van der Waals surface area contributed by atoms with Gasteiger partial charge in [0, 0.05) is 13.8 Å². The highest BCUT2D eigenvalue weighted by molar-refractivity contribution is 5.73. The molecule has 0 aliphatic carbocycles. The van der Waals surface area contributed by atoms with Gasteiger partial charge in [-0.2, -0.15) is 0 Å². The predicted octanol–water partition coefficient (Wildman–Crippen LogP) is -19.3. The van der Waals surface area contributed by atoms with E-state index >= 15 is 0 Å². The van der Waals surface area contributed by atoms with E-state index in [-0.39, 0.29) is 0 Å². The van der Waals surface area contributed by atoms with E-state index in [4.69, 9.17) is 80.5 Å². The number of amides is 2. The summed E-state index contributed by atoms with van der Waals surface area (Å²) in [4.78, 5) is 25.4. The number of aliphatic hydroxyl groups excluding tert-OH is 26. The van der Waals surface area contributed by atoms with Gasteiger partial charge in [-0.05, 0) is 6.92 Å². The van der Waals surface area contributed by atoms with Gasteiger partial charge in [-0.3, -0.25) is 9.59 Å². The van der Waals surface area contributed by atoms with E-state index in [1.807, 2.05) is 0 Å². The Bertz CT molecular complexity index is 2690. The van der Waals surface area contributed by atoms with Gasteiger partial charge >= 0.3 is 0 Å². The molecule has 28 N–H and O–H groups in total. The molecular weight excluding hydrogens is 1440 g/mol. The molecule has 1 unspecified atom stereocenters. The summed E-state index contributed by atoms with van der Waals surface area (Å²) in [6.07, 6.45) is -88.5. The first-order valence-corrected chi connectivity index (χ1v) is 33.5. The van der Waals surface area contributed by atoms with Crippen LogP contribution < -0.4 is 10.6 Å². The molecule has 0 saturated carbocycles.